The minimum atomic E-state index is -0.562. The quantitative estimate of drug-likeness (QED) is 0.387. The SMILES string of the molecule is Cc1cc(C)cc(NC(=O)Nc2ccc(-c3cc(CN4CCOCC4)n4ncnc(N)c34)cc2F)c1. The predicted octanol–water partition coefficient (Wildman–Crippen LogP) is 4.21. The van der Waals surface area contributed by atoms with Gasteiger partial charge in [-0.15, -0.1) is 0 Å². The number of nitrogens with one attached hydrogen (secondary N) is 2. The van der Waals surface area contributed by atoms with E-state index < -0.39 is 11.8 Å². The molecule has 1 fully saturated rings. The molecule has 3 heterocycles. The van der Waals surface area contributed by atoms with E-state index in [0.29, 0.717) is 42.3 Å². The number of ether oxygens (including phenoxy) is 1. The third-order valence-electron chi connectivity index (χ3n) is 6.15. The van der Waals surface area contributed by atoms with E-state index in [2.05, 4.69) is 25.6 Å². The van der Waals surface area contributed by atoms with Gasteiger partial charge < -0.3 is 21.1 Å². The van der Waals surface area contributed by atoms with Crippen LogP contribution in [0.4, 0.5) is 26.4 Å². The van der Waals surface area contributed by atoms with Crippen molar-refractivity contribution < 1.29 is 13.9 Å². The molecule has 0 atom stereocenters. The lowest BCUT2D eigenvalue weighted by Gasteiger charge is -2.26. The summed E-state index contributed by atoms with van der Waals surface area (Å²) < 4.78 is 22.3. The van der Waals surface area contributed by atoms with E-state index in [0.717, 1.165) is 35.5 Å². The number of fused-ring (bicyclic) bond motifs is 1. The number of urea groups is 1. The molecular formula is C26H28FN7O2. The first-order valence-corrected chi connectivity index (χ1v) is 11.7. The standard InChI is InChI=1S/C26H28FN7O2/c1-16-9-17(2)11-19(10-16)31-26(35)32-23-4-3-18(12-22(23)27)21-13-20(14-33-5-7-36-8-6-33)34-24(21)25(28)29-15-30-34/h3-4,9-13,15H,5-8,14H2,1-2H3,(H2,28,29,30)(H2,31,32,35). The highest BCUT2D eigenvalue weighted by Crippen LogP contribution is 2.33. The summed E-state index contributed by atoms with van der Waals surface area (Å²) in [6.07, 6.45) is 1.41. The van der Waals surface area contributed by atoms with Crippen LogP contribution in [0.15, 0.2) is 48.8 Å². The molecule has 0 spiro atoms. The molecule has 2 amide bonds. The van der Waals surface area contributed by atoms with Crippen LogP contribution in [0.1, 0.15) is 16.8 Å². The fourth-order valence-electron chi connectivity index (χ4n) is 4.57. The summed E-state index contributed by atoms with van der Waals surface area (Å²) in [6.45, 7) is 7.56. The number of benzene rings is 2. The molecule has 0 bridgehead atoms. The van der Waals surface area contributed by atoms with Crippen LogP contribution in [-0.4, -0.2) is 51.8 Å². The second-order valence-electron chi connectivity index (χ2n) is 8.99. The Balaban J connectivity index is 1.40. The van der Waals surface area contributed by atoms with Crippen LogP contribution in [0, 0.1) is 19.7 Å². The number of nitrogens with two attached hydrogens (primary N) is 1. The average molecular weight is 490 g/mol. The number of hydrogen-bond acceptors (Lipinski definition) is 6. The molecule has 186 valence electrons. The van der Waals surface area contributed by atoms with Gasteiger partial charge in [-0.05, 0) is 60.9 Å². The summed E-state index contributed by atoms with van der Waals surface area (Å²) in [5.41, 5.74) is 11.8. The Morgan fingerprint density at radius 3 is 2.56 bits per heavy atom. The molecule has 36 heavy (non-hydrogen) atoms. The van der Waals surface area contributed by atoms with Crippen molar-refractivity contribution in [2.75, 3.05) is 42.7 Å². The van der Waals surface area contributed by atoms with Crippen LogP contribution in [0.2, 0.25) is 0 Å². The van der Waals surface area contributed by atoms with Crippen molar-refractivity contribution >= 4 is 28.7 Å². The molecule has 0 radical (unpaired) electrons. The minimum absolute atomic E-state index is 0.0712. The Morgan fingerprint density at radius 2 is 1.83 bits per heavy atom. The molecule has 1 saturated heterocycles. The number of aryl methyl sites for hydroxylation is 2. The van der Waals surface area contributed by atoms with Crippen molar-refractivity contribution in [1.82, 2.24) is 19.5 Å². The second kappa shape index (κ2) is 9.92. The number of carbonyl (C=O) groups excluding carboxylic acids is 1. The van der Waals surface area contributed by atoms with E-state index in [1.165, 1.54) is 18.5 Å². The van der Waals surface area contributed by atoms with Crippen molar-refractivity contribution in [2.24, 2.45) is 0 Å². The molecule has 0 unspecified atom stereocenters. The van der Waals surface area contributed by atoms with Gasteiger partial charge in [0.2, 0.25) is 0 Å². The predicted molar refractivity (Wildman–Crippen MR) is 137 cm³/mol. The van der Waals surface area contributed by atoms with Crippen LogP contribution in [-0.2, 0) is 11.3 Å². The maximum absolute atomic E-state index is 15.1. The summed E-state index contributed by atoms with van der Waals surface area (Å²) in [5.74, 6) is -0.253. The monoisotopic (exact) mass is 489 g/mol. The molecule has 4 aromatic rings. The summed E-state index contributed by atoms with van der Waals surface area (Å²) in [7, 11) is 0. The normalized spacial score (nSPS) is 14.2. The maximum atomic E-state index is 15.1. The number of morpholine rings is 1. The molecule has 0 saturated carbocycles. The summed E-state index contributed by atoms with van der Waals surface area (Å²) in [4.78, 5) is 18.9. The van der Waals surface area contributed by atoms with Gasteiger partial charge in [-0.1, -0.05) is 12.1 Å². The van der Waals surface area contributed by atoms with Crippen molar-refractivity contribution in [3.8, 4) is 11.1 Å². The highest BCUT2D eigenvalue weighted by atomic mass is 19.1. The Kier molecular flexibility index (Phi) is 6.53. The van der Waals surface area contributed by atoms with Gasteiger partial charge in [-0.25, -0.2) is 18.7 Å². The number of amides is 2. The van der Waals surface area contributed by atoms with Crippen LogP contribution in [0.5, 0.6) is 0 Å². The zero-order valence-corrected chi connectivity index (χ0v) is 20.2. The number of anilines is 3. The van der Waals surface area contributed by atoms with Gasteiger partial charge in [0.05, 0.1) is 24.6 Å². The molecule has 4 N–H and O–H groups in total. The number of hydrogen-bond donors (Lipinski definition) is 3. The zero-order chi connectivity index (χ0) is 25.2. The molecule has 2 aromatic heterocycles. The Morgan fingerprint density at radius 1 is 1.08 bits per heavy atom. The average Bonchev–Trinajstić information content (AvgIpc) is 3.20. The summed E-state index contributed by atoms with van der Waals surface area (Å²) in [6, 6.07) is 11.8. The molecule has 5 rings (SSSR count). The van der Waals surface area contributed by atoms with E-state index in [9.17, 15) is 4.79 Å². The van der Waals surface area contributed by atoms with Crippen molar-refractivity contribution in [3.05, 3.63) is 71.4 Å². The van der Waals surface area contributed by atoms with E-state index >= 15 is 4.39 Å². The number of halogens is 1. The Labute approximate surface area is 208 Å². The van der Waals surface area contributed by atoms with E-state index in [1.54, 1.807) is 10.6 Å². The first-order valence-electron chi connectivity index (χ1n) is 11.7. The molecular weight excluding hydrogens is 461 g/mol. The maximum Gasteiger partial charge on any atom is 0.323 e. The molecule has 2 aromatic carbocycles. The first kappa shape index (κ1) is 23.7. The number of nitrogens with zero attached hydrogens (tertiary/aromatic N) is 4. The third-order valence-corrected chi connectivity index (χ3v) is 6.15. The zero-order valence-electron chi connectivity index (χ0n) is 20.2. The van der Waals surface area contributed by atoms with E-state index in [-0.39, 0.29) is 5.69 Å². The minimum Gasteiger partial charge on any atom is -0.382 e. The lowest BCUT2D eigenvalue weighted by atomic mass is 10.1. The number of aromatic nitrogens is 3. The number of rotatable bonds is 5. The molecule has 1 aliphatic heterocycles. The Hall–Kier alpha value is -4.02. The summed E-state index contributed by atoms with van der Waals surface area (Å²) in [5, 5.41) is 9.73. The van der Waals surface area contributed by atoms with E-state index in [4.69, 9.17) is 10.5 Å². The molecule has 0 aliphatic carbocycles. The third kappa shape index (κ3) is 5.00. The van der Waals surface area contributed by atoms with Gasteiger partial charge in [-0.2, -0.15) is 5.10 Å². The van der Waals surface area contributed by atoms with Crippen molar-refractivity contribution in [3.63, 3.8) is 0 Å². The highest BCUT2D eigenvalue weighted by molar-refractivity contribution is 6.00. The fourth-order valence-corrected chi connectivity index (χ4v) is 4.57. The lowest BCUT2D eigenvalue weighted by molar-refractivity contribution is 0.0334. The van der Waals surface area contributed by atoms with Gasteiger partial charge in [-0.3, -0.25) is 4.90 Å². The largest absolute Gasteiger partial charge is 0.382 e. The topological polar surface area (TPSA) is 110 Å². The first-order chi connectivity index (χ1) is 17.4. The van der Waals surface area contributed by atoms with E-state index in [1.807, 2.05) is 38.1 Å². The van der Waals surface area contributed by atoms with Crippen molar-refractivity contribution in [2.45, 2.75) is 20.4 Å². The number of carbonyl (C=O) groups is 1. The van der Waals surface area contributed by atoms with Crippen molar-refractivity contribution in [1.29, 1.82) is 0 Å². The fraction of sp³-hybridized carbons (Fsp3) is 0.269. The highest BCUT2D eigenvalue weighted by Gasteiger charge is 2.19. The summed E-state index contributed by atoms with van der Waals surface area (Å²) >= 11 is 0. The van der Waals surface area contributed by atoms with Gasteiger partial charge in [0.15, 0.2) is 5.82 Å². The van der Waals surface area contributed by atoms with Crippen LogP contribution < -0.4 is 16.4 Å². The van der Waals surface area contributed by atoms with Gasteiger partial charge in [0.1, 0.15) is 17.7 Å². The number of nitrogen functional groups attached to an aromatic ring is 1. The van der Waals surface area contributed by atoms with Crippen LogP contribution >= 0.6 is 0 Å². The molecule has 10 heteroatoms. The van der Waals surface area contributed by atoms with Gasteiger partial charge in [0, 0.05) is 30.9 Å². The molecule has 9 nitrogen and oxygen atoms in total. The second-order valence-corrected chi connectivity index (χ2v) is 8.99. The van der Waals surface area contributed by atoms with Crippen LogP contribution in [0.3, 0.4) is 0 Å². The lowest BCUT2D eigenvalue weighted by Crippen LogP contribution is -2.36. The Bertz CT molecular complexity index is 1410. The van der Waals surface area contributed by atoms with Gasteiger partial charge >= 0.3 is 6.03 Å². The van der Waals surface area contributed by atoms with Crippen LogP contribution in [0.25, 0.3) is 16.6 Å². The van der Waals surface area contributed by atoms with Gasteiger partial charge in [0.25, 0.3) is 0 Å². The smallest absolute Gasteiger partial charge is 0.323 e. The molecule has 1 aliphatic rings.